The van der Waals surface area contributed by atoms with Gasteiger partial charge in [-0.1, -0.05) is 0 Å². The highest BCUT2D eigenvalue weighted by Gasteiger charge is 2.31. The van der Waals surface area contributed by atoms with Crippen LogP contribution in [0.2, 0.25) is 0 Å². The van der Waals surface area contributed by atoms with Crippen molar-refractivity contribution in [3.63, 3.8) is 0 Å². The largest absolute Gasteiger partial charge is 0.476 e. The van der Waals surface area contributed by atoms with E-state index in [1.165, 1.54) is 0 Å². The number of rotatable bonds is 5. The first kappa shape index (κ1) is 14.2. The monoisotopic (exact) mass is 265 g/mol. The van der Waals surface area contributed by atoms with Crippen molar-refractivity contribution in [2.45, 2.75) is 18.6 Å². The zero-order valence-corrected chi connectivity index (χ0v) is 8.98. The molecule has 0 amide bonds. The molecule has 0 aliphatic rings. The fraction of sp³-hybridized carbons (Fsp3) is 0.444. The van der Waals surface area contributed by atoms with Crippen LogP contribution in [0, 0.1) is 0 Å². The van der Waals surface area contributed by atoms with Gasteiger partial charge in [-0.2, -0.15) is 13.2 Å². The van der Waals surface area contributed by atoms with Crippen LogP contribution in [0.25, 0.3) is 0 Å². The minimum Gasteiger partial charge on any atom is -0.476 e. The summed E-state index contributed by atoms with van der Waals surface area (Å²) in [7, 11) is 0. The molecule has 18 heavy (non-hydrogen) atoms. The highest BCUT2D eigenvalue weighted by molar-refractivity contribution is 5.84. The fourth-order valence-corrected chi connectivity index (χ4v) is 1.16. The molecule has 1 aromatic heterocycles. The summed E-state index contributed by atoms with van der Waals surface area (Å²) < 4.78 is 36.3. The minimum atomic E-state index is -4.42. The van der Waals surface area contributed by atoms with Crippen LogP contribution in [-0.4, -0.2) is 45.0 Å². The molecule has 0 radical (unpaired) electrons. The molecule has 0 aliphatic carbocycles. The Balaban J connectivity index is 2.67. The highest BCUT2D eigenvalue weighted by atomic mass is 19.4. The maximum atomic E-state index is 12.1. The molecule has 0 saturated carbocycles. The zero-order chi connectivity index (χ0) is 13.8. The second-order valence-electron chi connectivity index (χ2n) is 3.44. The first-order valence-electron chi connectivity index (χ1n) is 4.81. The number of nitrogens with zero attached hydrogens (tertiary/aromatic N) is 2. The van der Waals surface area contributed by atoms with E-state index in [1.54, 1.807) is 0 Å². The first-order chi connectivity index (χ1) is 8.31. The maximum Gasteiger partial charge on any atom is 0.391 e. The Morgan fingerprint density at radius 2 is 2.06 bits per heavy atom. The predicted molar refractivity (Wildman–Crippen MR) is 54.2 cm³/mol. The molecule has 1 heterocycles. The lowest BCUT2D eigenvalue weighted by molar-refractivity contribution is -0.138. The molecule has 0 bridgehead atoms. The van der Waals surface area contributed by atoms with Crippen molar-refractivity contribution in [1.82, 2.24) is 9.97 Å². The smallest absolute Gasteiger partial charge is 0.391 e. The van der Waals surface area contributed by atoms with E-state index >= 15 is 0 Å². The van der Waals surface area contributed by atoms with Crippen molar-refractivity contribution in [3.05, 3.63) is 18.1 Å². The van der Waals surface area contributed by atoms with Gasteiger partial charge in [0.05, 0.1) is 31.5 Å². The molecular formula is C9H10F3N3O3. The predicted octanol–water partition coefficient (Wildman–Crippen LogP) is 0.900. The van der Waals surface area contributed by atoms with Gasteiger partial charge in [-0.05, 0) is 0 Å². The molecule has 3 N–H and O–H groups in total. The van der Waals surface area contributed by atoms with Gasteiger partial charge in [0.25, 0.3) is 0 Å². The Hall–Kier alpha value is -1.90. The molecule has 1 unspecified atom stereocenters. The number of carboxylic acids is 1. The number of hydrogen-bond donors (Lipinski definition) is 3. The number of aliphatic hydroxyl groups excluding tert-OH is 1. The molecule has 0 aromatic carbocycles. The van der Waals surface area contributed by atoms with Crippen molar-refractivity contribution in [1.29, 1.82) is 0 Å². The van der Waals surface area contributed by atoms with E-state index in [0.717, 1.165) is 12.4 Å². The molecule has 6 nitrogen and oxygen atoms in total. The SMILES string of the molecule is O=C(O)c1cnc(NC(CO)CC(F)(F)F)cn1. The number of halogens is 3. The number of carbonyl (C=O) groups is 1. The van der Waals surface area contributed by atoms with Crippen LogP contribution in [0.15, 0.2) is 12.4 Å². The van der Waals surface area contributed by atoms with Gasteiger partial charge in [-0.3, -0.25) is 0 Å². The van der Waals surface area contributed by atoms with Gasteiger partial charge in [0.2, 0.25) is 0 Å². The normalized spacial score (nSPS) is 13.1. The molecule has 0 spiro atoms. The minimum absolute atomic E-state index is 0.0386. The third kappa shape index (κ3) is 4.53. The van der Waals surface area contributed by atoms with Crippen LogP contribution >= 0.6 is 0 Å². The third-order valence-corrected chi connectivity index (χ3v) is 1.92. The van der Waals surface area contributed by atoms with Gasteiger partial charge in [0.1, 0.15) is 5.82 Å². The maximum absolute atomic E-state index is 12.1. The quantitative estimate of drug-likeness (QED) is 0.732. The second kappa shape index (κ2) is 5.63. The van der Waals surface area contributed by atoms with Crippen LogP contribution in [0.4, 0.5) is 19.0 Å². The van der Waals surface area contributed by atoms with E-state index in [1.807, 2.05) is 0 Å². The third-order valence-electron chi connectivity index (χ3n) is 1.92. The Bertz CT molecular complexity index is 408. The van der Waals surface area contributed by atoms with E-state index in [9.17, 15) is 18.0 Å². The average Bonchev–Trinajstić information content (AvgIpc) is 2.27. The zero-order valence-electron chi connectivity index (χ0n) is 8.98. The number of aliphatic hydroxyl groups is 1. The Labute approximate surface area is 99.5 Å². The molecule has 1 atom stereocenters. The first-order valence-corrected chi connectivity index (χ1v) is 4.81. The summed E-state index contributed by atoms with van der Waals surface area (Å²) in [5.74, 6) is -1.33. The van der Waals surface area contributed by atoms with Crippen LogP contribution < -0.4 is 5.32 Å². The molecule has 0 fully saturated rings. The van der Waals surface area contributed by atoms with E-state index < -0.39 is 31.2 Å². The van der Waals surface area contributed by atoms with Gasteiger partial charge in [0.15, 0.2) is 5.69 Å². The number of nitrogens with one attached hydrogen (secondary N) is 1. The number of aromatic carboxylic acids is 1. The number of carboxylic acid groups (broad SMARTS) is 1. The number of hydrogen-bond acceptors (Lipinski definition) is 5. The summed E-state index contributed by atoms with van der Waals surface area (Å²) in [5, 5.41) is 19.6. The Morgan fingerprint density at radius 1 is 1.39 bits per heavy atom. The van der Waals surface area contributed by atoms with Gasteiger partial charge >= 0.3 is 12.1 Å². The number of anilines is 1. The molecule has 100 valence electrons. The van der Waals surface area contributed by atoms with Crippen molar-refractivity contribution in [2.75, 3.05) is 11.9 Å². The van der Waals surface area contributed by atoms with E-state index in [4.69, 9.17) is 10.2 Å². The lowest BCUT2D eigenvalue weighted by Gasteiger charge is -2.18. The average molecular weight is 265 g/mol. The fourth-order valence-electron chi connectivity index (χ4n) is 1.16. The number of aromatic nitrogens is 2. The summed E-state index contributed by atoms with van der Waals surface area (Å²) in [5.41, 5.74) is -0.322. The Morgan fingerprint density at radius 3 is 2.44 bits per heavy atom. The van der Waals surface area contributed by atoms with Crippen molar-refractivity contribution >= 4 is 11.8 Å². The van der Waals surface area contributed by atoms with E-state index in [2.05, 4.69) is 15.3 Å². The summed E-state index contributed by atoms with van der Waals surface area (Å²) >= 11 is 0. The lowest BCUT2D eigenvalue weighted by Crippen LogP contribution is -2.30. The standard InChI is InChI=1S/C9H10F3N3O3/c10-9(11,12)1-5(4-16)15-7-3-13-6(2-14-7)8(17)18/h2-3,5,16H,1,4H2,(H,14,15)(H,17,18). The molecule has 9 heteroatoms. The summed E-state index contributed by atoms with van der Waals surface area (Å²) in [6.07, 6.45) is -3.75. The molecule has 1 aromatic rings. The van der Waals surface area contributed by atoms with E-state index in [0.29, 0.717) is 0 Å². The van der Waals surface area contributed by atoms with Crippen molar-refractivity contribution in [3.8, 4) is 0 Å². The van der Waals surface area contributed by atoms with Crippen LogP contribution in [-0.2, 0) is 0 Å². The number of alkyl halides is 3. The topological polar surface area (TPSA) is 95.3 Å². The van der Waals surface area contributed by atoms with Crippen LogP contribution in [0.5, 0.6) is 0 Å². The second-order valence-corrected chi connectivity index (χ2v) is 3.44. The van der Waals surface area contributed by atoms with E-state index in [-0.39, 0.29) is 11.5 Å². The lowest BCUT2D eigenvalue weighted by atomic mass is 10.2. The summed E-state index contributed by atoms with van der Waals surface area (Å²) in [4.78, 5) is 17.5. The van der Waals surface area contributed by atoms with Crippen LogP contribution in [0.1, 0.15) is 16.9 Å². The van der Waals surface area contributed by atoms with Gasteiger partial charge in [-0.25, -0.2) is 14.8 Å². The van der Waals surface area contributed by atoms with Crippen molar-refractivity contribution in [2.24, 2.45) is 0 Å². The summed E-state index contributed by atoms with van der Waals surface area (Å²) in [6, 6.07) is -1.25. The Kier molecular flexibility index (Phi) is 4.43. The molecular weight excluding hydrogens is 255 g/mol. The highest BCUT2D eigenvalue weighted by Crippen LogP contribution is 2.22. The van der Waals surface area contributed by atoms with Crippen LogP contribution in [0.3, 0.4) is 0 Å². The molecule has 1 rings (SSSR count). The molecule has 0 aliphatic heterocycles. The summed E-state index contributed by atoms with van der Waals surface area (Å²) in [6.45, 7) is -0.734. The van der Waals surface area contributed by atoms with Gasteiger partial charge in [0, 0.05) is 0 Å². The molecule has 0 saturated heterocycles. The van der Waals surface area contributed by atoms with Gasteiger partial charge < -0.3 is 15.5 Å². The van der Waals surface area contributed by atoms with Crippen molar-refractivity contribution < 1.29 is 28.2 Å². The van der Waals surface area contributed by atoms with Gasteiger partial charge in [-0.15, -0.1) is 0 Å².